The molecule has 9 nitrogen and oxygen atoms in total. The summed E-state index contributed by atoms with van der Waals surface area (Å²) in [6, 6.07) is 14.3. The van der Waals surface area contributed by atoms with Crippen LogP contribution in [0, 0.1) is 11.6 Å². The first kappa shape index (κ1) is 23.9. The number of morpholine rings is 1. The van der Waals surface area contributed by atoms with Gasteiger partial charge in [0.25, 0.3) is 6.20 Å². The standard InChI is InChI=1S/C26H20F2N6O3S/c27-16-6-7-17(19(28)12-16)18-13-20(15-4-2-1-3-5-15)30-26-22(18)23(29)24(38-26)25(35)31-21-14-34(32-37-21)33-8-10-36-11-9-33/h1-7,12-14H,8-11H2,(H2-,29,31,32,35). The first-order valence-electron chi connectivity index (χ1n) is 11.7. The fraction of sp³-hybridized carbons (Fsp3) is 0.154. The molecule has 0 amide bonds. The van der Waals surface area contributed by atoms with Gasteiger partial charge in [-0.15, -0.1) is 16.3 Å². The molecule has 2 aromatic carbocycles. The zero-order chi connectivity index (χ0) is 26.2. The molecule has 1 saturated heterocycles. The Kier molecular flexibility index (Phi) is 6.18. The zero-order valence-corrected chi connectivity index (χ0v) is 20.6. The molecule has 192 valence electrons. The molecule has 0 bridgehead atoms. The molecule has 5 aromatic rings. The Morgan fingerprint density at radius 3 is 2.63 bits per heavy atom. The van der Waals surface area contributed by atoms with E-state index in [1.54, 1.807) is 6.07 Å². The second-order valence-electron chi connectivity index (χ2n) is 8.51. The lowest BCUT2D eigenvalue weighted by atomic mass is 9.99. The monoisotopic (exact) mass is 534 g/mol. The Hall–Kier alpha value is -4.42. The Morgan fingerprint density at radius 2 is 1.87 bits per heavy atom. The molecule has 3 aromatic heterocycles. The molecule has 1 aliphatic heterocycles. The van der Waals surface area contributed by atoms with Crippen LogP contribution in [-0.2, 0) is 4.74 Å². The predicted octanol–water partition coefficient (Wildman–Crippen LogP) is 3.17. The van der Waals surface area contributed by atoms with Crippen LogP contribution in [0.15, 0.2) is 70.3 Å². The summed E-state index contributed by atoms with van der Waals surface area (Å²) in [5, 5.41) is 19.4. The van der Waals surface area contributed by atoms with Gasteiger partial charge in [-0.3, -0.25) is 4.52 Å². The van der Waals surface area contributed by atoms with Gasteiger partial charge in [-0.1, -0.05) is 30.3 Å². The molecule has 1 aliphatic rings. The van der Waals surface area contributed by atoms with Crippen molar-refractivity contribution in [2.45, 2.75) is 0 Å². The van der Waals surface area contributed by atoms with Crippen LogP contribution in [-0.4, -0.2) is 42.5 Å². The van der Waals surface area contributed by atoms with Crippen molar-refractivity contribution in [1.29, 1.82) is 0 Å². The van der Waals surface area contributed by atoms with Crippen molar-refractivity contribution in [1.82, 2.24) is 10.3 Å². The van der Waals surface area contributed by atoms with E-state index in [2.05, 4.69) is 10.3 Å². The third-order valence-electron chi connectivity index (χ3n) is 6.12. The number of hydrogen-bond acceptors (Lipinski definition) is 9. The van der Waals surface area contributed by atoms with Crippen LogP contribution in [0.1, 0.15) is 4.88 Å². The predicted molar refractivity (Wildman–Crippen MR) is 136 cm³/mol. The van der Waals surface area contributed by atoms with Crippen LogP contribution >= 0.6 is 11.3 Å². The van der Waals surface area contributed by atoms with E-state index >= 15 is 0 Å². The molecule has 0 aliphatic carbocycles. The molecule has 4 heterocycles. The molecular weight excluding hydrogens is 514 g/mol. The molecule has 0 saturated carbocycles. The third kappa shape index (κ3) is 4.44. The molecule has 0 spiro atoms. The zero-order valence-electron chi connectivity index (χ0n) is 19.8. The lowest BCUT2D eigenvalue weighted by Crippen LogP contribution is -2.62. The molecule has 1 fully saturated rings. The van der Waals surface area contributed by atoms with E-state index in [-0.39, 0.29) is 22.0 Å². The van der Waals surface area contributed by atoms with Gasteiger partial charge < -0.3 is 15.6 Å². The van der Waals surface area contributed by atoms with Crippen LogP contribution < -0.4 is 20.6 Å². The normalized spacial score (nSPS) is 14.4. The highest BCUT2D eigenvalue weighted by atomic mass is 32.1. The quantitative estimate of drug-likeness (QED) is 0.209. The van der Waals surface area contributed by atoms with E-state index in [1.807, 2.05) is 35.3 Å². The lowest BCUT2D eigenvalue weighted by molar-refractivity contribution is -0.759. The number of thiophene rings is 1. The van der Waals surface area contributed by atoms with Gasteiger partial charge in [-0.25, -0.2) is 18.8 Å². The van der Waals surface area contributed by atoms with Gasteiger partial charge in [-0.05, 0) is 23.8 Å². The Bertz CT molecular complexity index is 1660. The molecule has 12 heteroatoms. The molecule has 0 atom stereocenters. The van der Waals surface area contributed by atoms with Gasteiger partial charge >= 0.3 is 5.88 Å². The molecule has 38 heavy (non-hydrogen) atoms. The maximum atomic E-state index is 14.9. The van der Waals surface area contributed by atoms with Gasteiger partial charge in [0.2, 0.25) is 5.27 Å². The number of nitrogens with zero attached hydrogens (tertiary/aromatic N) is 5. The van der Waals surface area contributed by atoms with E-state index in [9.17, 15) is 13.9 Å². The second kappa shape index (κ2) is 9.80. The topological polar surface area (TPSA) is 117 Å². The van der Waals surface area contributed by atoms with Crippen LogP contribution in [0.2, 0.25) is 0 Å². The minimum absolute atomic E-state index is 0.00100. The summed E-state index contributed by atoms with van der Waals surface area (Å²) in [4.78, 5) is 10.8. The number of nitrogens with two attached hydrogens (primary N) is 1. The Morgan fingerprint density at radius 1 is 1.08 bits per heavy atom. The summed E-state index contributed by atoms with van der Waals surface area (Å²) in [5.74, 6) is -2.10. The van der Waals surface area contributed by atoms with Gasteiger partial charge in [0.05, 0.1) is 47.4 Å². The lowest BCUT2D eigenvalue weighted by Gasteiger charge is -2.18. The van der Waals surface area contributed by atoms with Gasteiger partial charge in [0.1, 0.15) is 16.5 Å². The van der Waals surface area contributed by atoms with Crippen molar-refractivity contribution >= 4 is 39.0 Å². The molecule has 0 unspecified atom stereocenters. The van der Waals surface area contributed by atoms with Crippen LogP contribution in [0.3, 0.4) is 0 Å². The fourth-order valence-electron chi connectivity index (χ4n) is 4.28. The highest BCUT2D eigenvalue weighted by molar-refractivity contribution is 7.21. The largest absolute Gasteiger partial charge is 0.857 e. The smallest absolute Gasteiger partial charge is 0.324 e. The minimum Gasteiger partial charge on any atom is -0.857 e. The summed E-state index contributed by atoms with van der Waals surface area (Å²) in [5.41, 5.74) is 8.41. The minimum atomic E-state index is -0.756. The van der Waals surface area contributed by atoms with Crippen molar-refractivity contribution in [3.8, 4) is 22.4 Å². The van der Waals surface area contributed by atoms with Crippen LogP contribution in [0.4, 0.5) is 20.4 Å². The molecular formula is C26H20F2N6O3S. The van der Waals surface area contributed by atoms with E-state index < -0.39 is 17.5 Å². The van der Waals surface area contributed by atoms with E-state index in [0.717, 1.165) is 23.0 Å². The Labute approximate surface area is 219 Å². The van der Waals surface area contributed by atoms with Gasteiger partial charge in [-0.2, -0.15) is 0 Å². The van der Waals surface area contributed by atoms with E-state index in [1.165, 1.54) is 23.1 Å². The van der Waals surface area contributed by atoms with Crippen LogP contribution in [0.25, 0.3) is 32.6 Å². The number of aliphatic imine (C=N–C) groups is 1. The summed E-state index contributed by atoms with van der Waals surface area (Å²) in [7, 11) is 0. The SMILES string of the molecule is Nc1c(/C([O-])=N\c2c[n+](N3CCOCC3)no2)sc2nc(-c3ccccc3)cc(-c3ccc(F)cc3F)c12. The number of hydrogen-bond donors (Lipinski definition) is 1. The fourth-order valence-corrected chi connectivity index (χ4v) is 5.28. The second-order valence-corrected chi connectivity index (χ2v) is 9.51. The number of nitrogen functional groups attached to an aromatic ring is 1. The van der Waals surface area contributed by atoms with Crippen molar-refractivity contribution in [3.05, 3.63) is 77.3 Å². The first-order valence-corrected chi connectivity index (χ1v) is 12.5. The number of pyridine rings is 1. The van der Waals surface area contributed by atoms with Crippen molar-refractivity contribution in [2.24, 2.45) is 4.99 Å². The maximum absolute atomic E-state index is 14.9. The highest BCUT2D eigenvalue weighted by Crippen LogP contribution is 2.42. The highest BCUT2D eigenvalue weighted by Gasteiger charge is 2.24. The number of fused-ring (bicyclic) bond motifs is 1. The molecule has 0 radical (unpaired) electrons. The summed E-state index contributed by atoms with van der Waals surface area (Å²) in [6.45, 7) is 2.34. The summed E-state index contributed by atoms with van der Waals surface area (Å²) < 4.78 is 39.2. The van der Waals surface area contributed by atoms with Crippen LogP contribution in [0.5, 0.6) is 0 Å². The summed E-state index contributed by atoms with van der Waals surface area (Å²) >= 11 is 1.04. The number of benzene rings is 2. The number of aromatic nitrogens is 3. The first-order chi connectivity index (χ1) is 18.5. The summed E-state index contributed by atoms with van der Waals surface area (Å²) in [6.07, 6.45) is 1.50. The Balaban J connectivity index is 1.46. The van der Waals surface area contributed by atoms with E-state index in [4.69, 9.17) is 20.0 Å². The third-order valence-corrected chi connectivity index (χ3v) is 7.20. The van der Waals surface area contributed by atoms with Crippen molar-refractivity contribution < 1.29 is 27.9 Å². The maximum Gasteiger partial charge on any atom is 0.324 e. The number of halogens is 2. The number of ether oxygens (including phenoxy) is 1. The number of anilines is 1. The van der Waals surface area contributed by atoms with Gasteiger partial charge in [0, 0.05) is 28.5 Å². The number of rotatable bonds is 5. The van der Waals surface area contributed by atoms with Gasteiger partial charge in [0.15, 0.2) is 0 Å². The average Bonchev–Trinajstić information content (AvgIpc) is 3.54. The molecule has 6 rings (SSSR count). The van der Waals surface area contributed by atoms with Crippen molar-refractivity contribution in [3.63, 3.8) is 0 Å². The molecule has 2 N–H and O–H groups in total. The van der Waals surface area contributed by atoms with E-state index in [0.29, 0.717) is 47.8 Å². The average molecular weight is 535 g/mol. The van der Waals surface area contributed by atoms with Crippen molar-refractivity contribution in [2.75, 3.05) is 37.0 Å².